The lowest BCUT2D eigenvalue weighted by molar-refractivity contribution is -0.122. The number of Topliss-reactive ketones (excluding diaryl/α,β-unsaturated/α-hetero) is 1. The fourth-order valence-corrected chi connectivity index (χ4v) is 6.14. The summed E-state index contributed by atoms with van der Waals surface area (Å²) in [6.45, 7) is 3.63. The van der Waals surface area contributed by atoms with Crippen molar-refractivity contribution in [2.45, 2.75) is 33.1 Å². The van der Waals surface area contributed by atoms with Gasteiger partial charge in [-0.25, -0.2) is 9.78 Å². The number of imide groups is 1. The van der Waals surface area contributed by atoms with Crippen molar-refractivity contribution < 1.29 is 23.9 Å². The number of hydrogen-bond donors (Lipinski definition) is 0. The molecule has 7 nitrogen and oxygen atoms in total. The van der Waals surface area contributed by atoms with Crippen LogP contribution in [0.15, 0.2) is 72.8 Å². The van der Waals surface area contributed by atoms with E-state index in [1.165, 1.54) is 4.90 Å². The molecule has 0 radical (unpaired) electrons. The third-order valence-electron chi connectivity index (χ3n) is 8.29. The number of aromatic nitrogens is 1. The van der Waals surface area contributed by atoms with E-state index in [4.69, 9.17) is 21.3 Å². The number of halogens is 1. The molecule has 2 aliphatic rings. The molecule has 1 saturated heterocycles. The monoisotopic (exact) mass is 580 g/mol. The zero-order valence-corrected chi connectivity index (χ0v) is 24.1. The number of amides is 2. The van der Waals surface area contributed by atoms with Crippen molar-refractivity contribution in [1.29, 1.82) is 0 Å². The third kappa shape index (κ3) is 5.21. The number of pyridine rings is 1. The second-order valence-electron chi connectivity index (χ2n) is 11.3. The Morgan fingerprint density at radius 1 is 0.929 bits per heavy atom. The third-order valence-corrected chi connectivity index (χ3v) is 8.55. The van der Waals surface area contributed by atoms with Crippen molar-refractivity contribution in [3.63, 3.8) is 0 Å². The lowest BCUT2D eigenvalue weighted by Gasteiger charge is -2.25. The number of nitrogens with zero attached hydrogens (tertiary/aromatic N) is 2. The predicted molar refractivity (Wildman–Crippen MR) is 160 cm³/mol. The molecule has 0 bridgehead atoms. The van der Waals surface area contributed by atoms with Gasteiger partial charge in [0.1, 0.15) is 0 Å². The fraction of sp³-hybridized carbons (Fsp3) is 0.265. The Kier molecular flexibility index (Phi) is 7.37. The molecule has 1 aliphatic carbocycles. The van der Waals surface area contributed by atoms with Gasteiger partial charge in [-0.1, -0.05) is 42.3 Å². The summed E-state index contributed by atoms with van der Waals surface area (Å²) in [5.41, 5.74) is 3.99. The zero-order valence-electron chi connectivity index (χ0n) is 23.3. The smallest absolute Gasteiger partial charge is 0.339 e. The molecular formula is C34H29ClN2O5. The number of ether oxygens (including phenoxy) is 1. The molecule has 1 saturated carbocycles. The number of fused-ring (bicyclic) bond motifs is 2. The molecule has 2 heterocycles. The molecule has 2 amide bonds. The number of carbonyl (C=O) groups excluding carboxylic acids is 4. The predicted octanol–water partition coefficient (Wildman–Crippen LogP) is 6.83. The molecule has 42 heavy (non-hydrogen) atoms. The van der Waals surface area contributed by atoms with Crippen molar-refractivity contribution in [2.24, 2.45) is 17.8 Å². The molecule has 1 aromatic heterocycles. The molecule has 3 unspecified atom stereocenters. The molecule has 2 fully saturated rings. The van der Waals surface area contributed by atoms with E-state index in [-0.39, 0.29) is 35.0 Å². The van der Waals surface area contributed by atoms with Crippen molar-refractivity contribution in [3.8, 4) is 11.3 Å². The van der Waals surface area contributed by atoms with Gasteiger partial charge in [-0.2, -0.15) is 0 Å². The number of rotatable bonds is 6. The van der Waals surface area contributed by atoms with Gasteiger partial charge >= 0.3 is 5.97 Å². The van der Waals surface area contributed by atoms with Crippen molar-refractivity contribution in [3.05, 3.63) is 94.5 Å². The van der Waals surface area contributed by atoms with Crippen LogP contribution >= 0.6 is 11.6 Å². The SMILES string of the molecule is Cc1ccc2nc(-c3ccc(N4C(=O)C5CCC(C)CC5C4=O)cc3)cc(C(=O)OCC(=O)c3ccc(Cl)cc3)c2c1. The lowest BCUT2D eigenvalue weighted by atomic mass is 9.76. The second kappa shape index (κ2) is 11.1. The van der Waals surface area contributed by atoms with Crippen molar-refractivity contribution in [1.82, 2.24) is 4.98 Å². The molecule has 6 rings (SSSR count). The fourth-order valence-electron chi connectivity index (χ4n) is 6.01. The highest BCUT2D eigenvalue weighted by atomic mass is 35.5. The maximum Gasteiger partial charge on any atom is 0.339 e. The summed E-state index contributed by atoms with van der Waals surface area (Å²) in [6, 6.07) is 20.7. The van der Waals surface area contributed by atoms with Gasteiger partial charge in [0.05, 0.1) is 34.3 Å². The topological polar surface area (TPSA) is 93.6 Å². The van der Waals surface area contributed by atoms with Crippen LogP contribution in [0.25, 0.3) is 22.2 Å². The van der Waals surface area contributed by atoms with Gasteiger partial charge in [-0.05, 0) is 86.7 Å². The minimum absolute atomic E-state index is 0.123. The van der Waals surface area contributed by atoms with Crippen LogP contribution in [0.3, 0.4) is 0 Å². The summed E-state index contributed by atoms with van der Waals surface area (Å²) in [5, 5.41) is 1.12. The highest BCUT2D eigenvalue weighted by Gasteiger charge is 2.49. The first-order chi connectivity index (χ1) is 20.2. The van der Waals surface area contributed by atoms with Crippen LogP contribution < -0.4 is 4.90 Å². The van der Waals surface area contributed by atoms with E-state index < -0.39 is 12.6 Å². The van der Waals surface area contributed by atoms with Gasteiger partial charge in [-0.15, -0.1) is 0 Å². The summed E-state index contributed by atoms with van der Waals surface area (Å²) in [6.07, 6.45) is 2.45. The number of ketones is 1. The molecule has 3 atom stereocenters. The van der Waals surface area contributed by atoms with E-state index in [0.717, 1.165) is 24.8 Å². The number of anilines is 1. The summed E-state index contributed by atoms with van der Waals surface area (Å²) in [5.74, 6) is -1.27. The quantitative estimate of drug-likeness (QED) is 0.141. The van der Waals surface area contributed by atoms with Gasteiger partial charge in [0.25, 0.3) is 0 Å². The first kappa shape index (κ1) is 27.8. The van der Waals surface area contributed by atoms with Crippen LogP contribution in [0.2, 0.25) is 5.02 Å². The zero-order chi connectivity index (χ0) is 29.5. The minimum atomic E-state index is -0.640. The van der Waals surface area contributed by atoms with Crippen LogP contribution in [0.5, 0.6) is 0 Å². The van der Waals surface area contributed by atoms with Crippen LogP contribution in [0.4, 0.5) is 5.69 Å². The summed E-state index contributed by atoms with van der Waals surface area (Å²) in [7, 11) is 0. The van der Waals surface area contributed by atoms with E-state index in [1.807, 2.05) is 25.1 Å². The van der Waals surface area contributed by atoms with E-state index >= 15 is 0 Å². The molecule has 0 spiro atoms. The average molecular weight is 581 g/mol. The number of benzene rings is 3. The minimum Gasteiger partial charge on any atom is -0.454 e. The summed E-state index contributed by atoms with van der Waals surface area (Å²) < 4.78 is 5.45. The molecule has 8 heteroatoms. The largest absolute Gasteiger partial charge is 0.454 e. The highest BCUT2D eigenvalue weighted by molar-refractivity contribution is 6.30. The van der Waals surface area contributed by atoms with Crippen LogP contribution in [-0.4, -0.2) is 35.2 Å². The van der Waals surface area contributed by atoms with Gasteiger partial charge in [0.2, 0.25) is 11.8 Å². The van der Waals surface area contributed by atoms with Gasteiger partial charge in [-0.3, -0.25) is 19.3 Å². The normalized spacial score (nSPS) is 20.1. The number of esters is 1. The van der Waals surface area contributed by atoms with Crippen LogP contribution in [0.1, 0.15) is 52.5 Å². The maximum absolute atomic E-state index is 13.3. The van der Waals surface area contributed by atoms with Crippen molar-refractivity contribution in [2.75, 3.05) is 11.5 Å². The van der Waals surface area contributed by atoms with E-state index in [1.54, 1.807) is 54.6 Å². The van der Waals surface area contributed by atoms with Gasteiger partial charge in [0, 0.05) is 21.5 Å². The van der Waals surface area contributed by atoms with Crippen LogP contribution in [0, 0.1) is 24.7 Å². The first-order valence-corrected chi connectivity index (χ1v) is 14.4. The number of carbonyl (C=O) groups is 4. The highest BCUT2D eigenvalue weighted by Crippen LogP contribution is 2.42. The average Bonchev–Trinajstić information content (AvgIpc) is 3.24. The van der Waals surface area contributed by atoms with Gasteiger partial charge < -0.3 is 4.74 Å². The lowest BCUT2D eigenvalue weighted by Crippen LogP contribution is -2.30. The molecule has 212 valence electrons. The summed E-state index contributed by atoms with van der Waals surface area (Å²) >= 11 is 5.91. The first-order valence-electron chi connectivity index (χ1n) is 14.0. The Balaban J connectivity index is 1.27. The van der Waals surface area contributed by atoms with E-state index in [9.17, 15) is 19.2 Å². The molecule has 3 aromatic carbocycles. The number of aryl methyl sites for hydroxylation is 1. The Hall–Kier alpha value is -4.36. The standard InChI is InChI=1S/C34H29ClN2O5/c1-19-3-13-25-27(16-19)33(40)37(32(25)39)24-11-7-21(8-12-24)30-17-28(26-15-20(2)4-14-29(26)36-30)34(41)42-18-31(38)22-5-9-23(35)10-6-22/h4-12,14-15,17,19,25,27H,3,13,16,18H2,1-2H3. The number of hydrogen-bond acceptors (Lipinski definition) is 6. The Bertz CT molecular complexity index is 1730. The molecular weight excluding hydrogens is 552 g/mol. The second-order valence-corrected chi connectivity index (χ2v) is 11.7. The van der Waals surface area contributed by atoms with Crippen molar-refractivity contribution >= 4 is 51.8 Å². The summed E-state index contributed by atoms with van der Waals surface area (Å²) in [4.78, 5) is 58.3. The Morgan fingerprint density at radius 2 is 1.64 bits per heavy atom. The van der Waals surface area contributed by atoms with Crippen LogP contribution in [-0.2, 0) is 14.3 Å². The molecule has 1 aliphatic heterocycles. The molecule has 4 aromatic rings. The van der Waals surface area contributed by atoms with E-state index in [2.05, 4.69) is 6.92 Å². The Morgan fingerprint density at radius 3 is 2.38 bits per heavy atom. The maximum atomic E-state index is 13.3. The van der Waals surface area contributed by atoms with E-state index in [0.29, 0.717) is 44.4 Å². The molecule has 0 N–H and O–H groups in total. The van der Waals surface area contributed by atoms with Gasteiger partial charge in [0.15, 0.2) is 12.4 Å². The Labute approximate surface area is 248 Å².